The van der Waals surface area contributed by atoms with Gasteiger partial charge in [0.25, 0.3) is 0 Å². The van der Waals surface area contributed by atoms with E-state index in [-0.39, 0.29) is 55.7 Å². The van der Waals surface area contributed by atoms with Crippen molar-refractivity contribution in [2.75, 3.05) is 19.8 Å². The number of halogens is 3. The van der Waals surface area contributed by atoms with Crippen molar-refractivity contribution in [2.24, 2.45) is 17.8 Å². The summed E-state index contributed by atoms with van der Waals surface area (Å²) in [5.74, 6) is -0.786. The summed E-state index contributed by atoms with van der Waals surface area (Å²) in [7, 11) is 0. The summed E-state index contributed by atoms with van der Waals surface area (Å²) < 4.78 is 5.23. The van der Waals surface area contributed by atoms with Gasteiger partial charge in [0.1, 0.15) is 10.7 Å². The smallest absolute Gasteiger partial charge is 0.348 e. The summed E-state index contributed by atoms with van der Waals surface area (Å²) in [6, 6.07) is 9.17. The number of Topliss-reactive ketones (excluding diaryl/α,β-unsaturated/α-hetero) is 1. The number of alkyl halides is 1. The molecule has 1 aliphatic rings. The van der Waals surface area contributed by atoms with Crippen molar-refractivity contribution in [1.82, 2.24) is 0 Å². The molecule has 4 atom stereocenters. The molecule has 3 rings (SSSR count). The van der Waals surface area contributed by atoms with Gasteiger partial charge < -0.3 is 20.1 Å². The Hall–Kier alpha value is -1.19. The fourth-order valence-electron chi connectivity index (χ4n) is 5.10. The van der Waals surface area contributed by atoms with Crippen molar-refractivity contribution in [3.05, 3.63) is 55.7 Å². The van der Waals surface area contributed by atoms with E-state index in [0.717, 1.165) is 42.5 Å². The lowest BCUT2D eigenvalue weighted by atomic mass is 9.85. The third-order valence-electron chi connectivity index (χ3n) is 7.13. The predicted octanol–water partition coefficient (Wildman–Crippen LogP) is 5.72. The highest BCUT2D eigenvalue weighted by atomic mass is 35.5. The van der Waals surface area contributed by atoms with E-state index in [4.69, 9.17) is 49.8 Å². The minimum Gasteiger partial charge on any atom is -0.461 e. The molecule has 0 saturated heterocycles. The van der Waals surface area contributed by atoms with Crippen LogP contribution in [0.5, 0.6) is 0 Å². The molecule has 3 N–H and O–H groups in total. The van der Waals surface area contributed by atoms with Gasteiger partial charge in [-0.25, -0.2) is 4.79 Å². The first-order valence-corrected chi connectivity index (χ1v) is 15.0. The van der Waals surface area contributed by atoms with Gasteiger partial charge in [-0.3, -0.25) is 4.79 Å². The summed E-state index contributed by atoms with van der Waals surface area (Å²) in [5, 5.41) is 29.9. The first-order valence-electron chi connectivity index (χ1n) is 13.0. The van der Waals surface area contributed by atoms with Gasteiger partial charge in [0.05, 0.1) is 12.7 Å². The number of hydrogen-bond donors (Lipinski definition) is 3. The van der Waals surface area contributed by atoms with Crippen LogP contribution in [-0.2, 0) is 22.4 Å². The van der Waals surface area contributed by atoms with Crippen LogP contribution in [-0.4, -0.2) is 58.4 Å². The third-order valence-corrected chi connectivity index (χ3v) is 9.20. The van der Waals surface area contributed by atoms with E-state index in [1.807, 2.05) is 18.2 Å². The molecule has 1 aromatic heterocycles. The van der Waals surface area contributed by atoms with Crippen molar-refractivity contribution in [3.63, 3.8) is 0 Å². The van der Waals surface area contributed by atoms with Crippen molar-refractivity contribution >= 4 is 57.9 Å². The number of ether oxygens (including phenoxy) is 1. The molecule has 0 aliphatic heterocycles. The standard InChI is InChI=1S/C28H35Cl3O6S/c29-19-10-17(11-20(30)13-19)4-6-24-23(25(31)14-26(24)35)3-1-2-22-5-7-27(38-22)28(36)37-9-8-21(34)12-18(15-32)16-33/h5,7,10-11,13,18,23-26,32-33,35H,1-4,6,8-9,12,14-16H2/t23-,24-,25-,26-/m1/s1. The summed E-state index contributed by atoms with van der Waals surface area (Å²) in [6.45, 7) is -0.546. The zero-order valence-corrected chi connectivity index (χ0v) is 24.2. The van der Waals surface area contributed by atoms with Crippen LogP contribution in [0.4, 0.5) is 0 Å². The minimum atomic E-state index is -0.475. The molecule has 1 aliphatic carbocycles. The van der Waals surface area contributed by atoms with Gasteiger partial charge >= 0.3 is 5.97 Å². The van der Waals surface area contributed by atoms with Crippen LogP contribution in [0.25, 0.3) is 0 Å². The molecule has 1 aromatic carbocycles. The normalized spacial score (nSPS) is 21.2. The molecule has 1 fully saturated rings. The Morgan fingerprint density at radius 1 is 1.03 bits per heavy atom. The lowest BCUT2D eigenvalue weighted by molar-refractivity contribution is -0.121. The second-order valence-electron chi connectivity index (χ2n) is 9.98. The van der Waals surface area contributed by atoms with Crippen molar-refractivity contribution in [2.45, 2.75) is 62.8 Å². The first-order chi connectivity index (χ1) is 18.2. The van der Waals surface area contributed by atoms with Gasteiger partial charge in [-0.2, -0.15) is 0 Å². The van der Waals surface area contributed by atoms with Crippen LogP contribution in [0.2, 0.25) is 10.0 Å². The second kappa shape index (κ2) is 15.6. The van der Waals surface area contributed by atoms with E-state index >= 15 is 0 Å². The molecule has 2 aromatic rings. The highest BCUT2D eigenvalue weighted by Crippen LogP contribution is 2.42. The summed E-state index contributed by atoms with van der Waals surface area (Å²) in [4.78, 5) is 25.8. The van der Waals surface area contributed by atoms with Crippen LogP contribution in [0, 0.1) is 17.8 Å². The Balaban J connectivity index is 1.43. The number of benzene rings is 1. The van der Waals surface area contributed by atoms with Gasteiger partial charge in [-0.05, 0) is 86.3 Å². The number of carbonyl (C=O) groups is 2. The minimum absolute atomic E-state index is 0.0294. The van der Waals surface area contributed by atoms with E-state index in [0.29, 0.717) is 21.3 Å². The first kappa shape index (κ1) is 31.3. The maximum absolute atomic E-state index is 12.3. The number of hydrogen-bond acceptors (Lipinski definition) is 7. The van der Waals surface area contributed by atoms with Crippen molar-refractivity contribution < 1.29 is 29.6 Å². The quantitative estimate of drug-likeness (QED) is 0.177. The Morgan fingerprint density at radius 2 is 1.74 bits per heavy atom. The van der Waals surface area contributed by atoms with Crippen LogP contribution >= 0.6 is 46.1 Å². The Kier molecular flexibility index (Phi) is 12.8. The monoisotopic (exact) mass is 604 g/mol. The molecule has 0 radical (unpaired) electrons. The number of aliphatic hydroxyl groups is 3. The van der Waals surface area contributed by atoms with Gasteiger partial charge in [0.15, 0.2) is 0 Å². The van der Waals surface area contributed by atoms with Gasteiger partial charge in [-0.15, -0.1) is 22.9 Å². The molecule has 210 valence electrons. The largest absolute Gasteiger partial charge is 0.461 e. The lowest BCUT2D eigenvalue weighted by Crippen LogP contribution is -2.21. The van der Waals surface area contributed by atoms with Crippen molar-refractivity contribution in [3.8, 4) is 0 Å². The number of rotatable bonds is 15. The summed E-state index contributed by atoms with van der Waals surface area (Å²) in [6.07, 6.45) is 4.43. The number of thiophene rings is 1. The lowest BCUT2D eigenvalue weighted by Gasteiger charge is -2.23. The topological polar surface area (TPSA) is 104 Å². The van der Waals surface area contributed by atoms with Gasteiger partial charge in [-0.1, -0.05) is 23.2 Å². The highest BCUT2D eigenvalue weighted by Gasteiger charge is 2.40. The summed E-state index contributed by atoms with van der Waals surface area (Å²) >= 11 is 20.3. The van der Waals surface area contributed by atoms with Crippen molar-refractivity contribution in [1.29, 1.82) is 0 Å². The molecular weight excluding hydrogens is 571 g/mol. The van der Waals surface area contributed by atoms with Crippen LogP contribution in [0.1, 0.15) is 58.6 Å². The molecule has 1 saturated carbocycles. The maximum Gasteiger partial charge on any atom is 0.348 e. The predicted molar refractivity (Wildman–Crippen MR) is 151 cm³/mol. The number of aliphatic hydroxyl groups excluding tert-OH is 3. The van der Waals surface area contributed by atoms with Crippen LogP contribution < -0.4 is 0 Å². The van der Waals surface area contributed by atoms with E-state index in [1.165, 1.54) is 11.3 Å². The molecular formula is C28H35Cl3O6S. The molecule has 0 bridgehead atoms. The van der Waals surface area contributed by atoms with Gasteiger partial charge in [0.2, 0.25) is 0 Å². The van der Waals surface area contributed by atoms with E-state index in [2.05, 4.69) is 0 Å². The van der Waals surface area contributed by atoms with Gasteiger partial charge in [0, 0.05) is 52.3 Å². The molecule has 1 heterocycles. The average Bonchev–Trinajstić information content (AvgIpc) is 3.44. The molecule has 6 nitrogen and oxygen atoms in total. The zero-order chi connectivity index (χ0) is 27.7. The van der Waals surface area contributed by atoms with E-state index in [1.54, 1.807) is 12.1 Å². The van der Waals surface area contributed by atoms with E-state index in [9.17, 15) is 14.7 Å². The SMILES string of the molecule is O=C(CCOC(=O)c1ccc(CCC[C@@H]2[C@@H](CCc3cc(Cl)cc(Cl)c3)[C@H](O)C[C@H]2Cl)s1)CC(CO)CO. The molecule has 10 heteroatoms. The third kappa shape index (κ3) is 9.47. The van der Waals surface area contributed by atoms with E-state index < -0.39 is 18.0 Å². The highest BCUT2D eigenvalue weighted by molar-refractivity contribution is 7.13. The fraction of sp³-hybridized carbons (Fsp3) is 0.571. The number of ketones is 1. The number of aryl methyl sites for hydroxylation is 2. The molecule has 0 spiro atoms. The maximum atomic E-state index is 12.3. The fourth-order valence-corrected chi connectivity index (χ4v) is 7.11. The molecule has 38 heavy (non-hydrogen) atoms. The Bertz CT molecular complexity index is 1040. The number of carbonyl (C=O) groups excluding carboxylic acids is 2. The molecule has 0 unspecified atom stereocenters. The Morgan fingerprint density at radius 3 is 2.42 bits per heavy atom. The summed E-state index contributed by atoms with van der Waals surface area (Å²) in [5.41, 5.74) is 1.05. The second-order valence-corrected chi connectivity index (χ2v) is 12.6. The molecule has 0 amide bonds. The average molecular weight is 606 g/mol. The Labute approximate surface area is 242 Å². The number of esters is 1. The van der Waals surface area contributed by atoms with Crippen LogP contribution in [0.3, 0.4) is 0 Å². The zero-order valence-electron chi connectivity index (χ0n) is 21.2. The van der Waals surface area contributed by atoms with Crippen LogP contribution in [0.15, 0.2) is 30.3 Å².